The van der Waals surface area contributed by atoms with Crippen molar-refractivity contribution in [3.05, 3.63) is 39.0 Å². The molecule has 1 aromatic carbocycles. The number of fused-ring (bicyclic) bond motifs is 1. The molecule has 0 amide bonds. The molecule has 3 heteroatoms. The Kier molecular flexibility index (Phi) is 2.50. The van der Waals surface area contributed by atoms with Crippen molar-refractivity contribution in [2.75, 3.05) is 0 Å². The minimum Gasteiger partial charge on any atom is -0.256 e. The minimum atomic E-state index is 0.788. The second-order valence-electron chi connectivity index (χ2n) is 3.37. The normalized spacial score (nSPS) is 10.9. The van der Waals surface area contributed by atoms with Gasteiger partial charge in [-0.15, -0.1) is 0 Å². The Morgan fingerprint density at radius 2 is 1.93 bits per heavy atom. The number of pyridine rings is 1. The highest BCUT2D eigenvalue weighted by Gasteiger charge is 2.05. The smallest absolute Gasteiger partial charge is 0.0720 e. The van der Waals surface area contributed by atoms with Crippen LogP contribution < -0.4 is 0 Å². The number of halogens is 2. The zero-order valence-electron chi connectivity index (χ0n) is 7.94. The summed E-state index contributed by atoms with van der Waals surface area (Å²) in [6, 6.07) is 4.05. The van der Waals surface area contributed by atoms with E-state index in [0.29, 0.717) is 0 Å². The van der Waals surface area contributed by atoms with Gasteiger partial charge >= 0.3 is 0 Å². The highest BCUT2D eigenvalue weighted by molar-refractivity contribution is 9.10. The van der Waals surface area contributed by atoms with Crippen molar-refractivity contribution in [1.29, 1.82) is 0 Å². The van der Waals surface area contributed by atoms with Gasteiger partial charge in [0.15, 0.2) is 0 Å². The maximum absolute atomic E-state index is 6.19. The van der Waals surface area contributed by atoms with Gasteiger partial charge in [0, 0.05) is 16.1 Å². The second kappa shape index (κ2) is 3.52. The fraction of sp³-hybridized carbons (Fsp3) is 0.182. The van der Waals surface area contributed by atoms with Crippen LogP contribution >= 0.6 is 27.5 Å². The van der Waals surface area contributed by atoms with E-state index in [1.807, 2.05) is 26.0 Å². The molecule has 0 radical (unpaired) electrons. The second-order valence-corrected chi connectivity index (χ2v) is 4.61. The van der Waals surface area contributed by atoms with E-state index in [-0.39, 0.29) is 0 Å². The van der Waals surface area contributed by atoms with Gasteiger partial charge in [-0.1, -0.05) is 27.5 Å². The van der Waals surface area contributed by atoms with Crippen molar-refractivity contribution in [2.24, 2.45) is 0 Å². The summed E-state index contributed by atoms with van der Waals surface area (Å²) < 4.78 is 1.07. The van der Waals surface area contributed by atoms with Gasteiger partial charge in [0.25, 0.3) is 0 Å². The summed E-state index contributed by atoms with van der Waals surface area (Å²) in [6.07, 6.45) is 1.80. The largest absolute Gasteiger partial charge is 0.256 e. The number of aryl methyl sites for hydroxylation is 2. The van der Waals surface area contributed by atoms with Crippen molar-refractivity contribution in [3.63, 3.8) is 0 Å². The number of hydrogen-bond donors (Lipinski definition) is 0. The van der Waals surface area contributed by atoms with Gasteiger partial charge in [0.2, 0.25) is 0 Å². The standard InChI is InChI=1S/C11H9BrClN/c1-6-3-10-8(4-9(6)12)11(13)7(2)5-14-10/h3-5H,1-2H3. The average molecular weight is 271 g/mol. The molecule has 72 valence electrons. The molecule has 0 atom stereocenters. The molecule has 2 aromatic rings. The Morgan fingerprint density at radius 3 is 2.64 bits per heavy atom. The first-order chi connectivity index (χ1) is 6.59. The van der Waals surface area contributed by atoms with Crippen molar-refractivity contribution < 1.29 is 0 Å². The van der Waals surface area contributed by atoms with Crippen LogP contribution in [0.5, 0.6) is 0 Å². The molecule has 0 aliphatic heterocycles. The average Bonchev–Trinajstić information content (AvgIpc) is 2.15. The maximum Gasteiger partial charge on any atom is 0.0720 e. The van der Waals surface area contributed by atoms with E-state index in [0.717, 1.165) is 26.0 Å². The quantitative estimate of drug-likeness (QED) is 0.697. The number of benzene rings is 1. The third-order valence-corrected chi connectivity index (χ3v) is 3.61. The van der Waals surface area contributed by atoms with Crippen molar-refractivity contribution in [2.45, 2.75) is 13.8 Å². The lowest BCUT2D eigenvalue weighted by molar-refractivity contribution is 1.32. The number of aromatic nitrogens is 1. The first-order valence-electron chi connectivity index (χ1n) is 4.30. The molecule has 0 unspecified atom stereocenters. The van der Waals surface area contributed by atoms with Gasteiger partial charge in [-0.3, -0.25) is 4.98 Å². The Morgan fingerprint density at radius 1 is 1.21 bits per heavy atom. The molecular formula is C11H9BrClN. The summed E-state index contributed by atoms with van der Waals surface area (Å²) >= 11 is 9.68. The van der Waals surface area contributed by atoms with E-state index in [2.05, 4.69) is 20.9 Å². The third-order valence-electron chi connectivity index (χ3n) is 2.26. The van der Waals surface area contributed by atoms with Crippen LogP contribution in [0.2, 0.25) is 5.02 Å². The van der Waals surface area contributed by atoms with E-state index in [4.69, 9.17) is 11.6 Å². The molecule has 14 heavy (non-hydrogen) atoms. The first-order valence-corrected chi connectivity index (χ1v) is 5.47. The Balaban J connectivity index is 2.89. The lowest BCUT2D eigenvalue weighted by Crippen LogP contribution is -1.86. The van der Waals surface area contributed by atoms with Gasteiger partial charge in [-0.2, -0.15) is 0 Å². The fourth-order valence-electron chi connectivity index (χ4n) is 1.38. The molecule has 0 saturated heterocycles. The Bertz CT molecular complexity index is 508. The van der Waals surface area contributed by atoms with E-state index < -0.39 is 0 Å². The Labute approximate surface area is 96.2 Å². The number of hydrogen-bond acceptors (Lipinski definition) is 1. The van der Waals surface area contributed by atoms with E-state index in [1.165, 1.54) is 5.56 Å². The summed E-state index contributed by atoms with van der Waals surface area (Å²) in [5.41, 5.74) is 3.13. The van der Waals surface area contributed by atoms with Crippen LogP contribution in [-0.2, 0) is 0 Å². The van der Waals surface area contributed by atoms with Crippen LogP contribution in [0.15, 0.2) is 22.8 Å². The SMILES string of the molecule is Cc1cc2ncc(C)c(Cl)c2cc1Br. The molecule has 0 fully saturated rings. The lowest BCUT2D eigenvalue weighted by Gasteiger charge is -2.05. The van der Waals surface area contributed by atoms with Crippen LogP contribution in [0.4, 0.5) is 0 Å². The van der Waals surface area contributed by atoms with Gasteiger partial charge < -0.3 is 0 Å². The predicted octanol–water partition coefficient (Wildman–Crippen LogP) is 4.27. The van der Waals surface area contributed by atoms with Gasteiger partial charge in [0.05, 0.1) is 10.5 Å². The summed E-state index contributed by atoms with van der Waals surface area (Å²) in [7, 11) is 0. The summed E-state index contributed by atoms with van der Waals surface area (Å²) in [5.74, 6) is 0. The topological polar surface area (TPSA) is 12.9 Å². The molecule has 0 bridgehead atoms. The zero-order valence-corrected chi connectivity index (χ0v) is 10.3. The van der Waals surface area contributed by atoms with Crippen molar-refractivity contribution >= 4 is 38.4 Å². The fourth-order valence-corrected chi connectivity index (χ4v) is 1.93. The first kappa shape index (κ1) is 9.94. The highest BCUT2D eigenvalue weighted by atomic mass is 79.9. The molecule has 1 heterocycles. The van der Waals surface area contributed by atoms with Crippen LogP contribution in [0.3, 0.4) is 0 Å². The molecule has 0 aliphatic rings. The molecule has 0 N–H and O–H groups in total. The summed E-state index contributed by atoms with van der Waals surface area (Å²) in [5, 5.41) is 1.79. The molecule has 2 rings (SSSR count). The van der Waals surface area contributed by atoms with Crippen molar-refractivity contribution in [3.8, 4) is 0 Å². The summed E-state index contributed by atoms with van der Waals surface area (Å²) in [4.78, 5) is 4.34. The molecule has 0 aliphatic carbocycles. The monoisotopic (exact) mass is 269 g/mol. The van der Waals surface area contributed by atoms with Crippen LogP contribution in [-0.4, -0.2) is 4.98 Å². The molecule has 1 aromatic heterocycles. The summed E-state index contributed by atoms with van der Waals surface area (Å²) in [6.45, 7) is 4.00. The van der Waals surface area contributed by atoms with Crippen LogP contribution in [0.1, 0.15) is 11.1 Å². The lowest BCUT2D eigenvalue weighted by atomic mass is 10.1. The number of nitrogens with zero attached hydrogens (tertiary/aromatic N) is 1. The molecule has 0 spiro atoms. The minimum absolute atomic E-state index is 0.788. The molecular weight excluding hydrogens is 261 g/mol. The van der Waals surface area contributed by atoms with E-state index >= 15 is 0 Å². The van der Waals surface area contributed by atoms with Crippen molar-refractivity contribution in [1.82, 2.24) is 4.98 Å². The van der Waals surface area contributed by atoms with E-state index in [9.17, 15) is 0 Å². The van der Waals surface area contributed by atoms with Gasteiger partial charge in [0.1, 0.15) is 0 Å². The van der Waals surface area contributed by atoms with Gasteiger partial charge in [-0.25, -0.2) is 0 Å². The van der Waals surface area contributed by atoms with Crippen LogP contribution in [0, 0.1) is 13.8 Å². The molecule has 1 nitrogen and oxygen atoms in total. The maximum atomic E-state index is 6.19. The Hall–Kier alpha value is -0.600. The predicted molar refractivity (Wildman–Crippen MR) is 63.9 cm³/mol. The third kappa shape index (κ3) is 1.53. The zero-order chi connectivity index (χ0) is 10.3. The van der Waals surface area contributed by atoms with Gasteiger partial charge in [-0.05, 0) is 37.1 Å². The highest BCUT2D eigenvalue weighted by Crippen LogP contribution is 2.29. The number of rotatable bonds is 0. The van der Waals surface area contributed by atoms with Crippen LogP contribution in [0.25, 0.3) is 10.9 Å². The van der Waals surface area contributed by atoms with E-state index in [1.54, 1.807) is 6.20 Å². The molecule has 0 saturated carbocycles.